The van der Waals surface area contributed by atoms with Crippen LogP contribution in [0.1, 0.15) is 65.2 Å². The second kappa shape index (κ2) is 33.4. The Labute approximate surface area is 405 Å². The normalized spacial score (nSPS) is 15.1. The highest BCUT2D eigenvalue weighted by molar-refractivity contribution is 5.99. The summed E-state index contributed by atoms with van der Waals surface area (Å²) in [6.07, 6.45) is -1.40. The van der Waals surface area contributed by atoms with Crippen molar-refractivity contribution in [1.82, 2.24) is 47.9 Å². The number of rotatable bonds is 36. The molecule has 0 aliphatic heterocycles. The molecule has 0 spiro atoms. The average Bonchev–Trinajstić information content (AvgIpc) is 3.31. The molecule has 71 heavy (non-hydrogen) atoms. The fourth-order valence-electron chi connectivity index (χ4n) is 5.91. The number of aliphatic hydroxyl groups is 4. The lowest BCUT2D eigenvalue weighted by atomic mass is 9.98. The highest BCUT2D eigenvalue weighted by atomic mass is 16.4. The minimum Gasteiger partial charge on any atom is -0.480 e. The Hall–Kier alpha value is -7.13. The van der Waals surface area contributed by atoms with Gasteiger partial charge in [-0.15, -0.1) is 0 Å². The van der Waals surface area contributed by atoms with Gasteiger partial charge >= 0.3 is 5.97 Å². The quantitative estimate of drug-likeness (QED) is 0.0259. The number of nitrogens with two attached hydrogens (primary N) is 5. The van der Waals surface area contributed by atoms with Crippen molar-refractivity contribution < 1.29 is 87.9 Å². The molecule has 0 aliphatic carbocycles. The summed E-state index contributed by atoms with van der Waals surface area (Å²) in [4.78, 5) is 164. The summed E-state index contributed by atoms with van der Waals surface area (Å²) >= 11 is 0. The number of amides is 12. The van der Waals surface area contributed by atoms with Gasteiger partial charge in [0.2, 0.25) is 70.9 Å². The van der Waals surface area contributed by atoms with Gasteiger partial charge in [0, 0.05) is 6.42 Å². The molecule has 12 amide bonds. The molecule has 0 unspecified atom stereocenters. The second-order valence-corrected chi connectivity index (χ2v) is 15.9. The number of hydrogen-bond donors (Lipinski definition) is 19. The van der Waals surface area contributed by atoms with E-state index in [0.717, 1.165) is 0 Å². The lowest BCUT2D eigenvalue weighted by Gasteiger charge is -2.26. The zero-order chi connectivity index (χ0) is 54.5. The predicted molar refractivity (Wildman–Crippen MR) is 241 cm³/mol. The number of carbonyl (C=O) groups is 13. The summed E-state index contributed by atoms with van der Waals surface area (Å²) in [6.45, 7) is -1.88. The molecule has 0 rings (SSSR count). The number of hydrogen-bond acceptors (Lipinski definition) is 19. The molecule has 0 aromatic rings. The smallest absolute Gasteiger partial charge is 0.326 e. The summed E-state index contributed by atoms with van der Waals surface area (Å²) in [5.41, 5.74) is 26.8. The van der Waals surface area contributed by atoms with E-state index in [1.54, 1.807) is 6.92 Å². The van der Waals surface area contributed by atoms with E-state index < -0.39 is 196 Å². The summed E-state index contributed by atoms with van der Waals surface area (Å²) in [7, 11) is 0. The third-order valence-electron chi connectivity index (χ3n) is 10.2. The van der Waals surface area contributed by atoms with Crippen LogP contribution in [0.3, 0.4) is 0 Å². The van der Waals surface area contributed by atoms with E-state index in [2.05, 4.69) is 31.9 Å². The first-order chi connectivity index (χ1) is 33.3. The molecule has 10 atom stereocenters. The Balaban J connectivity index is 5.96. The molecule has 0 radical (unpaired) electrons. The summed E-state index contributed by atoms with van der Waals surface area (Å²) in [6, 6.07) is -15.4. The van der Waals surface area contributed by atoms with Gasteiger partial charge in [0.05, 0.1) is 51.9 Å². The van der Waals surface area contributed by atoms with Crippen molar-refractivity contribution in [3.05, 3.63) is 0 Å². The van der Waals surface area contributed by atoms with Gasteiger partial charge in [0.1, 0.15) is 48.3 Å². The number of unbranched alkanes of at least 4 members (excludes halogenated alkanes) is 1. The first-order valence-electron chi connectivity index (χ1n) is 22.0. The van der Waals surface area contributed by atoms with Crippen molar-refractivity contribution in [1.29, 1.82) is 0 Å². The van der Waals surface area contributed by atoms with E-state index in [0.29, 0.717) is 25.8 Å². The molecule has 0 aromatic heterocycles. The summed E-state index contributed by atoms with van der Waals surface area (Å²) < 4.78 is 0. The first-order valence-corrected chi connectivity index (χ1v) is 22.0. The number of nitrogens with one attached hydrogen (secondary N) is 9. The zero-order valence-corrected chi connectivity index (χ0v) is 39.1. The maximum absolute atomic E-state index is 13.3. The fourth-order valence-corrected chi connectivity index (χ4v) is 5.91. The van der Waals surface area contributed by atoms with E-state index in [1.165, 1.54) is 6.92 Å². The molecular formula is C39H68N14O18. The van der Waals surface area contributed by atoms with Crippen LogP contribution >= 0.6 is 0 Å². The first kappa shape index (κ1) is 63.9. The Bertz CT molecular complexity index is 1890. The topological polar surface area (TPSA) is 561 Å². The highest BCUT2D eigenvalue weighted by Gasteiger charge is 2.35. The van der Waals surface area contributed by atoms with Crippen molar-refractivity contribution in [2.75, 3.05) is 39.5 Å². The fraction of sp³-hybridized carbons (Fsp3) is 0.667. The van der Waals surface area contributed by atoms with E-state index in [9.17, 15) is 87.9 Å². The van der Waals surface area contributed by atoms with Crippen molar-refractivity contribution in [2.24, 2.45) is 34.6 Å². The van der Waals surface area contributed by atoms with Gasteiger partial charge in [-0.2, -0.15) is 0 Å². The van der Waals surface area contributed by atoms with Gasteiger partial charge in [-0.25, -0.2) is 4.79 Å². The SMILES string of the molecule is CC[C@H](C)[C@H](NC(=O)[C@H](CC(N)=O)NC(=O)[C@H](CO)NC(=O)[C@H](CC(N)=O)NC(=O)[C@H](CO)NC(=O)[C@H](CCC(N)=O)NC(=O)CNC(=O)[C@H](CO)NC(=O)[C@H](CO)NC(=O)[C@@H](N)CCCCN)C(=O)O. The standard InChI is InChI=1S/C39H68N14O18/c1-3-17(2)30(39(70)71)53-35(66)21(11-28(44)60)48-37(68)25(16-57)52-34(65)20(10-27(43)59)47-36(67)24(15-56)51-33(64)19(7-8-26(42)58)46-29(61)12-45-32(63)22(13-54)50-38(69)23(14-55)49-31(62)18(41)6-4-5-9-40/h17-25,30,54-57H,3-16,40-41H2,1-2H3,(H2,42,58)(H2,43,59)(H2,44,60)(H,45,63)(H,46,61)(H,47,67)(H,48,68)(H,49,62)(H,50,69)(H,51,64)(H,52,65)(H,53,66)(H,70,71)/t17-,18-,19-,20-,21-,22-,23-,24-,25-,30-/m0/s1. The monoisotopic (exact) mass is 1020 g/mol. The van der Waals surface area contributed by atoms with Crippen molar-refractivity contribution in [3.63, 3.8) is 0 Å². The van der Waals surface area contributed by atoms with Crippen LogP contribution in [0.2, 0.25) is 0 Å². The highest BCUT2D eigenvalue weighted by Crippen LogP contribution is 2.09. The van der Waals surface area contributed by atoms with E-state index in [-0.39, 0.29) is 6.42 Å². The molecule has 0 bridgehead atoms. The molecule has 0 saturated carbocycles. The van der Waals surface area contributed by atoms with E-state index >= 15 is 0 Å². The number of carbonyl (C=O) groups excluding carboxylic acids is 12. The molecule has 0 saturated heterocycles. The van der Waals surface area contributed by atoms with Gasteiger partial charge in [0.15, 0.2) is 0 Å². The largest absolute Gasteiger partial charge is 0.480 e. The zero-order valence-electron chi connectivity index (χ0n) is 39.1. The van der Waals surface area contributed by atoms with Crippen molar-refractivity contribution in [3.8, 4) is 0 Å². The third kappa shape index (κ3) is 24.3. The molecule has 0 fully saturated rings. The van der Waals surface area contributed by atoms with Gasteiger partial charge in [-0.05, 0) is 31.7 Å². The number of carboxylic acid groups (broad SMARTS) is 1. The van der Waals surface area contributed by atoms with Gasteiger partial charge in [-0.3, -0.25) is 57.5 Å². The number of aliphatic hydroxyl groups excluding tert-OH is 4. The molecular weight excluding hydrogens is 953 g/mol. The van der Waals surface area contributed by atoms with Gasteiger partial charge in [0.25, 0.3) is 0 Å². The van der Waals surface area contributed by atoms with Crippen LogP contribution in [0.25, 0.3) is 0 Å². The van der Waals surface area contributed by atoms with Crippen molar-refractivity contribution in [2.45, 2.75) is 120 Å². The lowest BCUT2D eigenvalue weighted by molar-refractivity contribution is -0.144. The molecule has 24 N–H and O–H groups in total. The molecule has 32 heteroatoms. The van der Waals surface area contributed by atoms with Crippen LogP contribution in [0.4, 0.5) is 0 Å². The molecule has 0 aromatic carbocycles. The Kier molecular flexibility index (Phi) is 30.1. The Morgan fingerprint density at radius 1 is 0.479 bits per heavy atom. The molecule has 0 heterocycles. The van der Waals surface area contributed by atoms with Crippen molar-refractivity contribution >= 4 is 76.9 Å². The average molecular weight is 1020 g/mol. The van der Waals surface area contributed by atoms with Gasteiger partial charge < -0.3 is 102 Å². The molecule has 0 aliphatic rings. The minimum atomic E-state index is -2.01. The molecule has 402 valence electrons. The minimum absolute atomic E-state index is 0.211. The van der Waals surface area contributed by atoms with Gasteiger partial charge in [-0.1, -0.05) is 26.7 Å². The Morgan fingerprint density at radius 2 is 0.859 bits per heavy atom. The maximum Gasteiger partial charge on any atom is 0.326 e. The van der Waals surface area contributed by atoms with Crippen LogP contribution in [0, 0.1) is 5.92 Å². The molecule has 32 nitrogen and oxygen atoms in total. The number of carboxylic acids is 1. The van der Waals surface area contributed by atoms with Crippen LogP contribution in [-0.2, 0) is 62.3 Å². The number of aliphatic carboxylic acids is 1. The third-order valence-corrected chi connectivity index (χ3v) is 10.2. The van der Waals surface area contributed by atoms with Crippen LogP contribution in [0.5, 0.6) is 0 Å². The number of primary amides is 3. The second-order valence-electron chi connectivity index (χ2n) is 15.9. The van der Waals surface area contributed by atoms with E-state index in [1.807, 2.05) is 16.0 Å². The van der Waals surface area contributed by atoms with Crippen LogP contribution < -0.4 is 76.5 Å². The lowest BCUT2D eigenvalue weighted by Crippen LogP contribution is -2.61. The predicted octanol–water partition coefficient (Wildman–Crippen LogP) is -11.4. The maximum atomic E-state index is 13.3. The van der Waals surface area contributed by atoms with Crippen LogP contribution in [0.15, 0.2) is 0 Å². The van der Waals surface area contributed by atoms with Crippen LogP contribution in [-0.4, -0.2) is 196 Å². The van der Waals surface area contributed by atoms with E-state index in [4.69, 9.17) is 28.7 Å². The summed E-state index contributed by atoms with van der Waals surface area (Å²) in [5.74, 6) is -16.2. The Morgan fingerprint density at radius 3 is 1.24 bits per heavy atom. The summed E-state index contributed by atoms with van der Waals surface area (Å²) in [5, 5.41) is 67.7.